The van der Waals surface area contributed by atoms with Crippen LogP contribution in [0.2, 0.25) is 0 Å². The summed E-state index contributed by atoms with van der Waals surface area (Å²) in [7, 11) is 0. The molecule has 3 nitrogen and oxygen atoms in total. The van der Waals surface area contributed by atoms with Crippen LogP contribution in [0, 0.1) is 5.92 Å². The maximum absolute atomic E-state index is 4.44. The fourth-order valence-electron chi connectivity index (χ4n) is 2.79. The summed E-state index contributed by atoms with van der Waals surface area (Å²) in [4.78, 5) is 8.85. The summed E-state index contributed by atoms with van der Waals surface area (Å²) in [6.45, 7) is 2.27. The van der Waals surface area contributed by atoms with Gasteiger partial charge in [-0.3, -0.25) is 0 Å². The van der Waals surface area contributed by atoms with E-state index in [1.807, 2.05) is 0 Å². The van der Waals surface area contributed by atoms with E-state index in [0.717, 1.165) is 24.6 Å². The Hall–Kier alpha value is -1.12. The first-order valence-electron chi connectivity index (χ1n) is 6.92. The maximum Gasteiger partial charge on any atom is 0.133 e. The molecule has 2 aliphatic rings. The lowest BCUT2D eigenvalue weighted by molar-refractivity contribution is 0.629. The Morgan fingerprint density at radius 3 is 2.94 bits per heavy atom. The minimum absolute atomic E-state index is 0.545. The Morgan fingerprint density at radius 2 is 2.12 bits per heavy atom. The molecule has 0 aliphatic heterocycles. The first kappa shape index (κ1) is 11.0. The van der Waals surface area contributed by atoms with E-state index in [9.17, 15) is 0 Å². The van der Waals surface area contributed by atoms with Gasteiger partial charge in [-0.2, -0.15) is 0 Å². The third-order valence-corrected chi connectivity index (χ3v) is 3.89. The highest BCUT2D eigenvalue weighted by atomic mass is 15.0. The van der Waals surface area contributed by atoms with E-state index >= 15 is 0 Å². The smallest absolute Gasteiger partial charge is 0.133 e. The van der Waals surface area contributed by atoms with Gasteiger partial charge in [-0.25, -0.2) is 9.97 Å². The van der Waals surface area contributed by atoms with Crippen LogP contribution in [-0.2, 0) is 12.8 Å². The number of fused-ring (bicyclic) bond motifs is 1. The van der Waals surface area contributed by atoms with Gasteiger partial charge in [-0.15, -0.1) is 0 Å². The zero-order valence-electron chi connectivity index (χ0n) is 10.6. The average molecular weight is 231 g/mol. The summed E-state index contributed by atoms with van der Waals surface area (Å²) in [6, 6.07) is 0.545. The molecule has 92 valence electrons. The van der Waals surface area contributed by atoms with Crippen molar-refractivity contribution < 1.29 is 0 Å². The van der Waals surface area contributed by atoms with Crippen molar-refractivity contribution in [1.29, 1.82) is 0 Å². The normalized spacial score (nSPS) is 20.8. The van der Waals surface area contributed by atoms with Crippen molar-refractivity contribution in [3.63, 3.8) is 0 Å². The molecule has 1 unspecified atom stereocenters. The highest BCUT2D eigenvalue weighted by Gasteiger charge is 2.24. The van der Waals surface area contributed by atoms with Gasteiger partial charge >= 0.3 is 0 Å². The summed E-state index contributed by atoms with van der Waals surface area (Å²) >= 11 is 0. The summed E-state index contributed by atoms with van der Waals surface area (Å²) in [6.07, 6.45) is 10.7. The third kappa shape index (κ3) is 2.59. The number of aromatic nitrogens is 2. The summed E-state index contributed by atoms with van der Waals surface area (Å²) in [5.74, 6) is 2.07. The first-order chi connectivity index (χ1) is 8.33. The fraction of sp³-hybridized carbons (Fsp3) is 0.714. The molecule has 0 saturated heterocycles. The molecule has 1 fully saturated rings. The SMILES string of the molecule is CC(CC1CC1)Nc1ncnc2c1CCCC2. The van der Waals surface area contributed by atoms with Crippen LogP contribution in [-0.4, -0.2) is 16.0 Å². The topological polar surface area (TPSA) is 37.8 Å². The van der Waals surface area contributed by atoms with E-state index in [2.05, 4.69) is 22.2 Å². The Bertz CT molecular complexity index is 398. The van der Waals surface area contributed by atoms with Crippen LogP contribution in [0.1, 0.15) is 50.3 Å². The third-order valence-electron chi connectivity index (χ3n) is 3.89. The van der Waals surface area contributed by atoms with E-state index in [4.69, 9.17) is 0 Å². The lowest BCUT2D eigenvalue weighted by Crippen LogP contribution is -2.20. The van der Waals surface area contributed by atoms with E-state index in [0.29, 0.717) is 6.04 Å². The molecule has 2 aliphatic carbocycles. The van der Waals surface area contributed by atoms with Gasteiger partial charge in [0.1, 0.15) is 12.1 Å². The maximum atomic E-state index is 4.44. The Balaban J connectivity index is 1.72. The van der Waals surface area contributed by atoms with Crippen LogP contribution in [0.15, 0.2) is 6.33 Å². The summed E-state index contributed by atoms with van der Waals surface area (Å²) < 4.78 is 0. The van der Waals surface area contributed by atoms with E-state index in [1.165, 1.54) is 43.4 Å². The molecular formula is C14H21N3. The summed E-state index contributed by atoms with van der Waals surface area (Å²) in [5.41, 5.74) is 2.65. The fourth-order valence-corrected chi connectivity index (χ4v) is 2.79. The number of nitrogens with one attached hydrogen (secondary N) is 1. The molecular weight excluding hydrogens is 210 g/mol. The highest BCUT2D eigenvalue weighted by molar-refractivity contribution is 5.47. The van der Waals surface area contributed by atoms with Crippen LogP contribution >= 0.6 is 0 Å². The van der Waals surface area contributed by atoms with Gasteiger partial charge in [0.05, 0.1) is 0 Å². The Labute approximate surface area is 103 Å². The molecule has 0 amide bonds. The molecule has 0 aromatic carbocycles. The van der Waals surface area contributed by atoms with Crippen LogP contribution in [0.3, 0.4) is 0 Å². The zero-order chi connectivity index (χ0) is 11.7. The average Bonchev–Trinajstić information content (AvgIpc) is 3.13. The molecule has 1 saturated carbocycles. The number of hydrogen-bond acceptors (Lipinski definition) is 3. The van der Waals surface area contributed by atoms with Gasteiger partial charge in [0.25, 0.3) is 0 Å². The van der Waals surface area contributed by atoms with Crippen LogP contribution in [0.4, 0.5) is 5.82 Å². The molecule has 0 spiro atoms. The van der Waals surface area contributed by atoms with Crippen LogP contribution in [0.25, 0.3) is 0 Å². The molecule has 3 heteroatoms. The quantitative estimate of drug-likeness (QED) is 0.865. The van der Waals surface area contributed by atoms with Crippen molar-refractivity contribution in [3.8, 4) is 0 Å². The molecule has 3 rings (SSSR count). The molecule has 17 heavy (non-hydrogen) atoms. The van der Waals surface area contributed by atoms with Gasteiger partial charge in [-0.05, 0) is 44.9 Å². The lowest BCUT2D eigenvalue weighted by atomic mass is 9.96. The second-order valence-corrected chi connectivity index (χ2v) is 5.58. The van der Waals surface area contributed by atoms with Crippen LogP contribution < -0.4 is 5.32 Å². The van der Waals surface area contributed by atoms with Gasteiger partial charge < -0.3 is 5.32 Å². The molecule has 1 heterocycles. The van der Waals surface area contributed by atoms with Crippen molar-refractivity contribution in [1.82, 2.24) is 9.97 Å². The van der Waals surface area contributed by atoms with Crippen LogP contribution in [0.5, 0.6) is 0 Å². The minimum atomic E-state index is 0.545. The molecule has 0 radical (unpaired) electrons. The number of nitrogens with zero attached hydrogens (tertiary/aromatic N) is 2. The highest BCUT2D eigenvalue weighted by Crippen LogP contribution is 2.34. The Morgan fingerprint density at radius 1 is 1.29 bits per heavy atom. The van der Waals surface area contributed by atoms with Crippen molar-refractivity contribution in [2.45, 2.75) is 57.9 Å². The number of aryl methyl sites for hydroxylation is 1. The second kappa shape index (κ2) is 4.63. The molecule has 1 N–H and O–H groups in total. The lowest BCUT2D eigenvalue weighted by Gasteiger charge is -2.21. The van der Waals surface area contributed by atoms with E-state index in [1.54, 1.807) is 6.33 Å². The molecule has 1 aromatic heterocycles. The zero-order valence-corrected chi connectivity index (χ0v) is 10.6. The van der Waals surface area contributed by atoms with Crippen molar-refractivity contribution in [2.24, 2.45) is 5.92 Å². The van der Waals surface area contributed by atoms with Gasteiger partial charge in [0.2, 0.25) is 0 Å². The molecule has 0 bridgehead atoms. The van der Waals surface area contributed by atoms with E-state index in [-0.39, 0.29) is 0 Å². The molecule has 1 aromatic rings. The predicted octanol–water partition coefficient (Wildman–Crippen LogP) is 2.96. The second-order valence-electron chi connectivity index (χ2n) is 5.58. The van der Waals surface area contributed by atoms with Gasteiger partial charge in [-0.1, -0.05) is 12.8 Å². The van der Waals surface area contributed by atoms with Crippen molar-refractivity contribution >= 4 is 5.82 Å². The van der Waals surface area contributed by atoms with Gasteiger partial charge in [0.15, 0.2) is 0 Å². The van der Waals surface area contributed by atoms with Gasteiger partial charge in [0, 0.05) is 17.3 Å². The minimum Gasteiger partial charge on any atom is -0.367 e. The Kier molecular flexibility index (Phi) is 3.00. The largest absolute Gasteiger partial charge is 0.367 e. The number of anilines is 1. The van der Waals surface area contributed by atoms with Crippen molar-refractivity contribution in [3.05, 3.63) is 17.6 Å². The number of hydrogen-bond donors (Lipinski definition) is 1. The van der Waals surface area contributed by atoms with Crippen molar-refractivity contribution in [2.75, 3.05) is 5.32 Å². The monoisotopic (exact) mass is 231 g/mol. The summed E-state index contributed by atoms with van der Waals surface area (Å²) in [5, 5.41) is 3.59. The standard InChI is InChI=1S/C14H21N3/c1-10(8-11-6-7-11)17-14-12-4-2-3-5-13(12)15-9-16-14/h9-11H,2-8H2,1H3,(H,15,16,17). The van der Waals surface area contributed by atoms with E-state index < -0.39 is 0 Å². The predicted molar refractivity (Wildman–Crippen MR) is 69.1 cm³/mol. The first-order valence-corrected chi connectivity index (χ1v) is 6.92. The number of rotatable bonds is 4. The molecule has 1 atom stereocenters.